The molecule has 13 heavy (non-hydrogen) atoms. The molecule has 71 valence electrons. The van der Waals surface area contributed by atoms with Crippen LogP contribution in [-0.2, 0) is 0 Å². The maximum absolute atomic E-state index is 5.70. The van der Waals surface area contributed by atoms with Crippen LogP contribution in [0.25, 0.3) is 0 Å². The van der Waals surface area contributed by atoms with Gasteiger partial charge in [0.1, 0.15) is 5.82 Å². The van der Waals surface area contributed by atoms with Crippen LogP contribution in [0.5, 0.6) is 0 Å². The van der Waals surface area contributed by atoms with Crippen LogP contribution in [-0.4, -0.2) is 11.5 Å². The Morgan fingerprint density at radius 3 is 2.85 bits per heavy atom. The van der Waals surface area contributed by atoms with E-state index in [-0.39, 0.29) is 0 Å². The number of halogens is 1. The zero-order valence-electron chi connectivity index (χ0n) is 7.92. The van der Waals surface area contributed by atoms with E-state index in [4.69, 9.17) is 11.6 Å². The van der Waals surface area contributed by atoms with Crippen molar-refractivity contribution in [3.05, 3.63) is 29.8 Å². The highest BCUT2D eigenvalue weighted by atomic mass is 35.5. The third-order valence-corrected chi connectivity index (χ3v) is 1.82. The summed E-state index contributed by atoms with van der Waals surface area (Å²) < 4.78 is 0. The molecule has 0 saturated heterocycles. The predicted molar refractivity (Wildman–Crippen MR) is 56.9 cm³/mol. The lowest BCUT2D eigenvalue weighted by Gasteiger charge is -2.06. The molecular weight excluding hydrogens is 184 g/mol. The van der Waals surface area contributed by atoms with Crippen LogP contribution in [0.15, 0.2) is 18.3 Å². The summed E-state index contributed by atoms with van der Waals surface area (Å²) >= 11 is 5.70. The zero-order valence-corrected chi connectivity index (χ0v) is 8.67. The molecule has 1 heterocycles. The van der Waals surface area contributed by atoms with Gasteiger partial charge in [0.25, 0.3) is 0 Å². The van der Waals surface area contributed by atoms with E-state index in [9.17, 15) is 0 Å². The highest BCUT2D eigenvalue weighted by molar-refractivity contribution is 6.30. The van der Waals surface area contributed by atoms with Crippen LogP contribution in [0.2, 0.25) is 5.02 Å². The topological polar surface area (TPSA) is 24.9 Å². The summed E-state index contributed by atoms with van der Waals surface area (Å²) in [6.45, 7) is 5.14. The van der Waals surface area contributed by atoms with Crippen LogP contribution in [0.3, 0.4) is 0 Å². The first-order valence-corrected chi connectivity index (χ1v) is 4.75. The molecule has 1 aromatic heterocycles. The summed E-state index contributed by atoms with van der Waals surface area (Å²) in [5.41, 5.74) is 0. The number of nitrogens with one attached hydrogen (secondary N) is 1. The average molecular weight is 198 g/mol. The quantitative estimate of drug-likeness (QED) is 0.803. The molecule has 1 rings (SSSR count). The third kappa shape index (κ3) is 4.13. The maximum atomic E-state index is 5.70. The Hall–Kier alpha value is -0.760. The van der Waals surface area contributed by atoms with Gasteiger partial charge in [0.05, 0.1) is 5.02 Å². The Morgan fingerprint density at radius 2 is 2.31 bits per heavy atom. The first-order valence-electron chi connectivity index (χ1n) is 4.37. The molecule has 0 bridgehead atoms. The Morgan fingerprint density at radius 1 is 1.54 bits per heavy atom. The van der Waals surface area contributed by atoms with Crippen molar-refractivity contribution < 1.29 is 0 Å². The number of hydrogen-bond acceptors (Lipinski definition) is 2. The van der Waals surface area contributed by atoms with E-state index in [1.54, 1.807) is 6.20 Å². The summed E-state index contributed by atoms with van der Waals surface area (Å²) in [5, 5.41) is 3.84. The van der Waals surface area contributed by atoms with Crippen molar-refractivity contribution in [1.29, 1.82) is 0 Å². The number of anilines is 1. The lowest BCUT2D eigenvalue weighted by molar-refractivity contribution is 0.746. The SMILES string of the molecule is CC(C)[CH]CNc1ccc(Cl)cn1. The molecule has 1 radical (unpaired) electrons. The molecule has 0 fully saturated rings. The minimum absolute atomic E-state index is 0.597. The first kappa shape index (κ1) is 10.3. The minimum atomic E-state index is 0.597. The van der Waals surface area contributed by atoms with Crippen molar-refractivity contribution in [2.75, 3.05) is 11.9 Å². The molecule has 0 aromatic carbocycles. The van der Waals surface area contributed by atoms with Gasteiger partial charge in [-0.15, -0.1) is 0 Å². The van der Waals surface area contributed by atoms with Gasteiger partial charge in [-0.05, 0) is 24.5 Å². The summed E-state index contributed by atoms with van der Waals surface area (Å²) in [5.74, 6) is 1.46. The highest BCUT2D eigenvalue weighted by Crippen LogP contribution is 2.09. The van der Waals surface area contributed by atoms with Gasteiger partial charge >= 0.3 is 0 Å². The fourth-order valence-electron chi connectivity index (χ4n) is 0.880. The van der Waals surface area contributed by atoms with E-state index in [1.165, 1.54) is 0 Å². The number of aromatic nitrogens is 1. The lowest BCUT2D eigenvalue weighted by Crippen LogP contribution is -2.06. The predicted octanol–water partition coefficient (Wildman–Crippen LogP) is 3.01. The fourth-order valence-corrected chi connectivity index (χ4v) is 0.991. The molecule has 0 spiro atoms. The number of nitrogens with zero attached hydrogens (tertiary/aromatic N) is 1. The van der Waals surface area contributed by atoms with Crippen LogP contribution in [0.1, 0.15) is 13.8 Å². The molecule has 0 saturated carbocycles. The van der Waals surface area contributed by atoms with Crippen molar-refractivity contribution in [2.24, 2.45) is 5.92 Å². The summed E-state index contributed by atoms with van der Waals surface area (Å²) in [4.78, 5) is 4.11. The molecular formula is C10H14ClN2. The Labute approximate surface area is 84.3 Å². The van der Waals surface area contributed by atoms with E-state index in [2.05, 4.69) is 30.6 Å². The second-order valence-corrected chi connectivity index (χ2v) is 3.66. The van der Waals surface area contributed by atoms with Crippen molar-refractivity contribution in [3.63, 3.8) is 0 Å². The molecule has 0 amide bonds. The summed E-state index contributed by atoms with van der Waals surface area (Å²) in [6, 6.07) is 3.70. The smallest absolute Gasteiger partial charge is 0.125 e. The van der Waals surface area contributed by atoms with Crippen LogP contribution < -0.4 is 5.32 Å². The van der Waals surface area contributed by atoms with Gasteiger partial charge in [0.2, 0.25) is 0 Å². The molecule has 0 aliphatic rings. The maximum Gasteiger partial charge on any atom is 0.125 e. The monoisotopic (exact) mass is 197 g/mol. The Balaban J connectivity index is 2.33. The number of hydrogen-bond donors (Lipinski definition) is 1. The van der Waals surface area contributed by atoms with E-state index in [1.807, 2.05) is 12.1 Å². The molecule has 3 heteroatoms. The minimum Gasteiger partial charge on any atom is -0.370 e. The Kier molecular flexibility index (Phi) is 4.03. The van der Waals surface area contributed by atoms with Gasteiger partial charge in [-0.1, -0.05) is 25.4 Å². The Bertz CT molecular complexity index is 244. The number of pyridine rings is 1. The van der Waals surface area contributed by atoms with Gasteiger partial charge in [-0.2, -0.15) is 0 Å². The van der Waals surface area contributed by atoms with Gasteiger partial charge < -0.3 is 5.32 Å². The van der Waals surface area contributed by atoms with Crippen molar-refractivity contribution in [1.82, 2.24) is 4.98 Å². The van der Waals surface area contributed by atoms with E-state index in [0.717, 1.165) is 12.4 Å². The summed E-state index contributed by atoms with van der Waals surface area (Å²) in [7, 11) is 0. The van der Waals surface area contributed by atoms with Crippen LogP contribution in [0, 0.1) is 12.3 Å². The molecule has 0 aliphatic carbocycles. The van der Waals surface area contributed by atoms with Crippen molar-refractivity contribution in [3.8, 4) is 0 Å². The molecule has 1 aromatic rings. The van der Waals surface area contributed by atoms with E-state index in [0.29, 0.717) is 10.9 Å². The fraction of sp³-hybridized carbons (Fsp3) is 0.400. The van der Waals surface area contributed by atoms with Gasteiger partial charge in [-0.3, -0.25) is 0 Å². The summed E-state index contributed by atoms with van der Waals surface area (Å²) in [6.07, 6.45) is 3.83. The van der Waals surface area contributed by atoms with Crippen molar-refractivity contribution in [2.45, 2.75) is 13.8 Å². The number of rotatable bonds is 4. The molecule has 0 unspecified atom stereocenters. The van der Waals surface area contributed by atoms with E-state index < -0.39 is 0 Å². The second-order valence-electron chi connectivity index (χ2n) is 3.22. The highest BCUT2D eigenvalue weighted by Gasteiger charge is 1.95. The zero-order chi connectivity index (χ0) is 9.68. The standard InChI is InChI=1S/C10H14ClN2/c1-8(2)5-6-12-10-4-3-9(11)7-13-10/h3-5,7-8H,6H2,1-2H3,(H,12,13). The lowest BCUT2D eigenvalue weighted by atomic mass is 10.1. The van der Waals surface area contributed by atoms with Crippen LogP contribution >= 0.6 is 11.6 Å². The van der Waals surface area contributed by atoms with Gasteiger partial charge in [-0.25, -0.2) is 4.98 Å². The third-order valence-electron chi connectivity index (χ3n) is 1.60. The van der Waals surface area contributed by atoms with Gasteiger partial charge in [0.15, 0.2) is 0 Å². The molecule has 0 atom stereocenters. The largest absolute Gasteiger partial charge is 0.370 e. The van der Waals surface area contributed by atoms with Crippen LogP contribution in [0.4, 0.5) is 5.82 Å². The normalized spacial score (nSPS) is 10.5. The second kappa shape index (κ2) is 5.07. The average Bonchev–Trinajstić information content (AvgIpc) is 2.08. The first-order chi connectivity index (χ1) is 6.18. The van der Waals surface area contributed by atoms with Gasteiger partial charge in [0, 0.05) is 12.7 Å². The van der Waals surface area contributed by atoms with Crippen molar-refractivity contribution >= 4 is 17.4 Å². The molecule has 2 nitrogen and oxygen atoms in total. The molecule has 0 aliphatic heterocycles. The molecule has 1 N–H and O–H groups in total. The van der Waals surface area contributed by atoms with E-state index >= 15 is 0 Å².